The van der Waals surface area contributed by atoms with Gasteiger partial charge in [-0.1, -0.05) is 88.5 Å². The Bertz CT molecular complexity index is 578. The van der Waals surface area contributed by atoms with Gasteiger partial charge in [-0.15, -0.1) is 0 Å². The summed E-state index contributed by atoms with van der Waals surface area (Å²) in [4.78, 5) is 49.5. The topological polar surface area (TPSA) is 136 Å². The molecule has 1 rings (SSSR count). The van der Waals surface area contributed by atoms with Crippen LogP contribution in [0.4, 0.5) is 0 Å². The Hall–Kier alpha value is -1.96. The second kappa shape index (κ2) is 21.6. The Morgan fingerprint density at radius 2 is 1.50 bits per heavy atom. The fourth-order valence-corrected chi connectivity index (χ4v) is 3.42. The van der Waals surface area contributed by atoms with E-state index < -0.39 is 29.7 Å². The van der Waals surface area contributed by atoms with Crippen molar-refractivity contribution in [1.82, 2.24) is 10.2 Å². The Balaban J connectivity index is -0.000000922. The standard InChI is InChI=1S/C17H30N4O4.C4H10.C3H8.C2H6/c1-4-5-10(2)8-12(15(23)16(19)24)20-17(25)14-11(3)6-7-21(14)13(22)9-18;1-4(2)3;1-3-2;1-2/h10-12,14H,4-9,18H2,1-3H3,(H2,19,24)(H,20,25);4H,1-3H3;3H2,1-2H3;1-2H3. The first-order valence-electron chi connectivity index (χ1n) is 13.0. The fraction of sp³-hybridized carbons (Fsp3) is 0.846. The smallest absolute Gasteiger partial charge is 0.287 e. The van der Waals surface area contributed by atoms with Gasteiger partial charge in [-0.25, -0.2) is 0 Å². The van der Waals surface area contributed by atoms with Crippen molar-refractivity contribution in [2.45, 2.75) is 113 Å². The van der Waals surface area contributed by atoms with Crippen molar-refractivity contribution in [3.8, 4) is 0 Å². The molecule has 0 aromatic rings. The van der Waals surface area contributed by atoms with E-state index in [2.05, 4.69) is 39.9 Å². The molecule has 202 valence electrons. The van der Waals surface area contributed by atoms with Crippen LogP contribution < -0.4 is 16.8 Å². The van der Waals surface area contributed by atoms with Crippen LogP contribution in [0.15, 0.2) is 0 Å². The molecule has 1 aliphatic heterocycles. The summed E-state index contributed by atoms with van der Waals surface area (Å²) in [6.07, 6.45) is 4.08. The van der Waals surface area contributed by atoms with Crippen molar-refractivity contribution in [2.75, 3.05) is 13.1 Å². The van der Waals surface area contributed by atoms with Crippen LogP contribution in [0.5, 0.6) is 0 Å². The molecule has 8 nitrogen and oxygen atoms in total. The Kier molecular flexibility index (Phi) is 23.2. The van der Waals surface area contributed by atoms with Gasteiger partial charge in [0.15, 0.2) is 0 Å². The number of carbonyl (C=O) groups excluding carboxylic acids is 4. The molecular formula is C26H54N4O4. The van der Waals surface area contributed by atoms with E-state index in [1.54, 1.807) is 0 Å². The van der Waals surface area contributed by atoms with Crippen LogP contribution in [0.1, 0.15) is 101 Å². The van der Waals surface area contributed by atoms with E-state index in [4.69, 9.17) is 11.5 Å². The molecule has 4 unspecified atom stereocenters. The first-order valence-corrected chi connectivity index (χ1v) is 13.0. The summed E-state index contributed by atoms with van der Waals surface area (Å²) in [5, 5.41) is 2.64. The molecule has 3 amide bonds. The van der Waals surface area contributed by atoms with Crippen molar-refractivity contribution >= 4 is 23.5 Å². The molecule has 1 heterocycles. The number of ketones is 1. The van der Waals surface area contributed by atoms with Crippen LogP contribution in [-0.2, 0) is 19.2 Å². The molecule has 0 bridgehead atoms. The van der Waals surface area contributed by atoms with Crippen LogP contribution in [-0.4, -0.2) is 53.6 Å². The summed E-state index contributed by atoms with van der Waals surface area (Å²) in [6, 6.07) is -1.64. The molecule has 1 aliphatic rings. The highest BCUT2D eigenvalue weighted by Gasteiger charge is 2.40. The van der Waals surface area contributed by atoms with E-state index in [0.717, 1.165) is 18.8 Å². The lowest BCUT2D eigenvalue weighted by Gasteiger charge is -2.28. The largest absolute Gasteiger partial charge is 0.363 e. The number of carbonyl (C=O) groups is 4. The van der Waals surface area contributed by atoms with Gasteiger partial charge in [0.1, 0.15) is 6.04 Å². The molecule has 0 radical (unpaired) electrons. The lowest BCUT2D eigenvalue weighted by Crippen LogP contribution is -2.55. The van der Waals surface area contributed by atoms with Gasteiger partial charge in [-0.05, 0) is 30.6 Å². The van der Waals surface area contributed by atoms with E-state index in [1.807, 2.05) is 34.6 Å². The van der Waals surface area contributed by atoms with Crippen molar-refractivity contribution < 1.29 is 19.2 Å². The monoisotopic (exact) mass is 486 g/mol. The van der Waals surface area contributed by atoms with E-state index in [-0.39, 0.29) is 24.3 Å². The average Bonchev–Trinajstić information content (AvgIpc) is 3.15. The van der Waals surface area contributed by atoms with Crippen LogP contribution >= 0.6 is 0 Å². The molecular weight excluding hydrogens is 432 g/mol. The van der Waals surface area contributed by atoms with E-state index in [1.165, 1.54) is 11.3 Å². The highest BCUT2D eigenvalue weighted by Crippen LogP contribution is 2.24. The van der Waals surface area contributed by atoms with Crippen LogP contribution in [0.3, 0.4) is 0 Å². The number of hydrogen-bond donors (Lipinski definition) is 3. The maximum Gasteiger partial charge on any atom is 0.287 e. The van der Waals surface area contributed by atoms with Gasteiger partial charge in [0.25, 0.3) is 5.91 Å². The zero-order valence-corrected chi connectivity index (χ0v) is 23.6. The third kappa shape index (κ3) is 15.8. The number of Topliss-reactive ketones (excluding diaryl/α,β-unsaturated/α-hetero) is 1. The predicted molar refractivity (Wildman–Crippen MR) is 141 cm³/mol. The number of primary amides is 1. The van der Waals surface area contributed by atoms with Gasteiger partial charge >= 0.3 is 0 Å². The minimum absolute atomic E-state index is 0.0482. The third-order valence-electron chi connectivity index (χ3n) is 4.76. The summed E-state index contributed by atoms with van der Waals surface area (Å²) in [7, 11) is 0. The van der Waals surface area contributed by atoms with E-state index in [9.17, 15) is 19.2 Å². The molecule has 0 aliphatic carbocycles. The summed E-state index contributed by atoms with van der Waals surface area (Å²) in [5.74, 6) is -1.67. The molecule has 1 fully saturated rings. The van der Waals surface area contributed by atoms with Gasteiger partial charge in [0, 0.05) is 6.54 Å². The molecule has 34 heavy (non-hydrogen) atoms. The minimum atomic E-state index is -1.07. The number of nitrogens with one attached hydrogen (secondary N) is 1. The number of amides is 3. The lowest BCUT2D eigenvalue weighted by atomic mass is 9.94. The van der Waals surface area contributed by atoms with Crippen molar-refractivity contribution in [2.24, 2.45) is 29.2 Å². The zero-order chi connectivity index (χ0) is 27.4. The van der Waals surface area contributed by atoms with Gasteiger partial charge in [0.05, 0.1) is 12.6 Å². The van der Waals surface area contributed by atoms with E-state index in [0.29, 0.717) is 19.4 Å². The maximum atomic E-state index is 12.7. The second-order valence-electron chi connectivity index (χ2n) is 9.36. The van der Waals surface area contributed by atoms with Gasteiger partial charge in [-0.2, -0.15) is 0 Å². The highest BCUT2D eigenvalue weighted by atomic mass is 16.2. The zero-order valence-electron chi connectivity index (χ0n) is 23.6. The molecule has 0 saturated carbocycles. The number of nitrogens with zero attached hydrogens (tertiary/aromatic N) is 1. The Morgan fingerprint density at radius 3 is 1.88 bits per heavy atom. The molecule has 1 saturated heterocycles. The molecule has 5 N–H and O–H groups in total. The quantitative estimate of drug-likeness (QED) is 0.427. The second-order valence-corrected chi connectivity index (χ2v) is 9.36. The van der Waals surface area contributed by atoms with Crippen molar-refractivity contribution in [1.29, 1.82) is 0 Å². The van der Waals surface area contributed by atoms with Gasteiger partial charge in [0.2, 0.25) is 17.6 Å². The van der Waals surface area contributed by atoms with Crippen LogP contribution in [0.25, 0.3) is 0 Å². The van der Waals surface area contributed by atoms with Crippen molar-refractivity contribution in [3.05, 3.63) is 0 Å². The van der Waals surface area contributed by atoms with Crippen molar-refractivity contribution in [3.63, 3.8) is 0 Å². The summed E-state index contributed by atoms with van der Waals surface area (Å²) in [5.41, 5.74) is 10.5. The fourth-order valence-electron chi connectivity index (χ4n) is 3.42. The Morgan fingerprint density at radius 1 is 1.03 bits per heavy atom. The molecule has 4 atom stereocenters. The molecule has 0 aromatic carbocycles. The maximum absolute atomic E-state index is 12.7. The number of nitrogens with two attached hydrogens (primary N) is 2. The number of rotatable bonds is 9. The lowest BCUT2D eigenvalue weighted by molar-refractivity contribution is -0.141. The first-order chi connectivity index (χ1) is 15.9. The van der Waals surface area contributed by atoms with Gasteiger partial charge < -0.3 is 21.7 Å². The molecule has 8 heteroatoms. The molecule has 0 aromatic heterocycles. The first kappa shape index (κ1) is 36.6. The van der Waals surface area contributed by atoms with E-state index >= 15 is 0 Å². The van der Waals surface area contributed by atoms with Gasteiger partial charge in [-0.3, -0.25) is 19.2 Å². The average molecular weight is 487 g/mol. The molecule has 0 spiro atoms. The Labute approximate surface area is 209 Å². The third-order valence-corrected chi connectivity index (χ3v) is 4.76. The van der Waals surface area contributed by atoms with Crippen LogP contribution in [0.2, 0.25) is 0 Å². The normalized spacial score (nSPS) is 18.2. The minimum Gasteiger partial charge on any atom is -0.363 e. The summed E-state index contributed by atoms with van der Waals surface area (Å²) in [6.45, 7) is 20.9. The summed E-state index contributed by atoms with van der Waals surface area (Å²) < 4.78 is 0. The summed E-state index contributed by atoms with van der Waals surface area (Å²) >= 11 is 0. The number of hydrogen-bond acceptors (Lipinski definition) is 5. The predicted octanol–water partition coefficient (Wildman–Crippen LogP) is 3.65. The number of likely N-dealkylation sites (tertiary alicyclic amines) is 1. The highest BCUT2D eigenvalue weighted by molar-refractivity contribution is 6.37. The SMILES string of the molecule is CC.CC(C)C.CCC.CCCC(C)CC(NC(=O)C1C(C)CCN1C(=O)CN)C(=O)C(N)=O. The van der Waals surface area contributed by atoms with Crippen LogP contribution in [0, 0.1) is 17.8 Å².